The van der Waals surface area contributed by atoms with Crippen LogP contribution in [0.2, 0.25) is 0 Å². The highest BCUT2D eigenvalue weighted by Gasteiger charge is 2.13. The fourth-order valence-electron chi connectivity index (χ4n) is 3.12. The van der Waals surface area contributed by atoms with Gasteiger partial charge in [0, 0.05) is 24.7 Å². The molecule has 2 heterocycles. The average Bonchev–Trinajstić information content (AvgIpc) is 3.46. The number of hydrogen-bond acceptors (Lipinski definition) is 7. The summed E-state index contributed by atoms with van der Waals surface area (Å²) < 4.78 is 18.4. The summed E-state index contributed by atoms with van der Waals surface area (Å²) in [6.07, 6.45) is 4.86. The predicted molar refractivity (Wildman–Crippen MR) is 112 cm³/mol. The lowest BCUT2D eigenvalue weighted by Crippen LogP contribution is -2.09. The van der Waals surface area contributed by atoms with E-state index in [4.69, 9.17) is 14.2 Å². The third-order valence-electron chi connectivity index (χ3n) is 4.69. The Morgan fingerprint density at radius 1 is 0.935 bits per heavy atom. The fraction of sp³-hybridized carbons (Fsp3) is 0.182. The van der Waals surface area contributed by atoms with E-state index in [-0.39, 0.29) is 12.3 Å². The molecule has 4 aromatic rings. The topological polar surface area (TPSA) is 97.5 Å². The lowest BCUT2D eigenvalue weighted by atomic mass is 10.2. The van der Waals surface area contributed by atoms with Crippen LogP contribution in [-0.2, 0) is 14.2 Å². The molecule has 2 aromatic carbocycles. The van der Waals surface area contributed by atoms with Gasteiger partial charge in [-0.05, 0) is 36.4 Å². The van der Waals surface area contributed by atoms with Gasteiger partial charge in [-0.3, -0.25) is 4.57 Å². The number of carbonyl (C=O) groups excluding carboxylic acids is 2. The van der Waals surface area contributed by atoms with Crippen LogP contribution in [0.15, 0.2) is 61.3 Å². The molecule has 0 aliphatic heterocycles. The zero-order valence-corrected chi connectivity index (χ0v) is 17.0. The maximum atomic E-state index is 12.2. The minimum absolute atomic E-state index is 0.195. The van der Waals surface area contributed by atoms with Crippen molar-refractivity contribution >= 4 is 23.0 Å². The minimum Gasteiger partial charge on any atom is -0.464 e. The Labute approximate surface area is 177 Å². The maximum absolute atomic E-state index is 12.2. The number of ether oxygens (including phenoxy) is 3. The maximum Gasteiger partial charge on any atom is 0.358 e. The van der Waals surface area contributed by atoms with Gasteiger partial charge in [0.25, 0.3) is 0 Å². The van der Waals surface area contributed by atoms with Crippen molar-refractivity contribution in [1.82, 2.24) is 19.1 Å². The molecule has 4 rings (SSSR count). The smallest absolute Gasteiger partial charge is 0.358 e. The predicted octanol–water partition coefficient (Wildman–Crippen LogP) is 2.80. The second kappa shape index (κ2) is 8.80. The zero-order valence-electron chi connectivity index (χ0n) is 17.0. The molecular weight excluding hydrogens is 400 g/mol. The summed E-state index contributed by atoms with van der Waals surface area (Å²) >= 11 is 0. The summed E-state index contributed by atoms with van der Waals surface area (Å²) in [6, 6.07) is 12.9. The minimum atomic E-state index is -0.493. The molecule has 0 unspecified atom stereocenters. The van der Waals surface area contributed by atoms with Crippen molar-refractivity contribution in [2.24, 2.45) is 0 Å². The summed E-state index contributed by atoms with van der Waals surface area (Å²) in [7, 11) is 2.86. The highest BCUT2D eigenvalue weighted by Crippen LogP contribution is 2.22. The highest BCUT2D eigenvalue weighted by molar-refractivity contribution is 5.94. The van der Waals surface area contributed by atoms with Gasteiger partial charge in [-0.1, -0.05) is 6.07 Å². The molecule has 31 heavy (non-hydrogen) atoms. The molecule has 9 nitrogen and oxygen atoms in total. The molecule has 9 heteroatoms. The first-order valence-electron chi connectivity index (χ1n) is 9.47. The Bertz CT molecular complexity index is 1240. The van der Waals surface area contributed by atoms with Crippen LogP contribution < -0.4 is 0 Å². The van der Waals surface area contributed by atoms with Gasteiger partial charge in [0.1, 0.15) is 19.3 Å². The first-order valence-corrected chi connectivity index (χ1v) is 9.47. The normalized spacial score (nSPS) is 10.9. The monoisotopic (exact) mass is 420 g/mol. The average molecular weight is 420 g/mol. The number of nitrogens with zero attached hydrogens (tertiary/aromatic N) is 4. The van der Waals surface area contributed by atoms with Crippen molar-refractivity contribution in [3.8, 4) is 11.4 Å². The quantitative estimate of drug-likeness (QED) is 0.335. The van der Waals surface area contributed by atoms with Crippen molar-refractivity contribution < 1.29 is 23.8 Å². The van der Waals surface area contributed by atoms with Gasteiger partial charge in [-0.25, -0.2) is 19.6 Å². The second-order valence-corrected chi connectivity index (χ2v) is 6.62. The third-order valence-corrected chi connectivity index (χ3v) is 4.69. The van der Waals surface area contributed by atoms with Crippen LogP contribution in [0.3, 0.4) is 0 Å². The van der Waals surface area contributed by atoms with E-state index in [2.05, 4.69) is 9.97 Å². The number of fused-ring (bicyclic) bond motifs is 1. The second-order valence-electron chi connectivity index (χ2n) is 6.62. The first kappa shape index (κ1) is 20.3. The zero-order chi connectivity index (χ0) is 21.8. The molecule has 0 bridgehead atoms. The van der Waals surface area contributed by atoms with Gasteiger partial charge >= 0.3 is 11.9 Å². The van der Waals surface area contributed by atoms with Crippen LogP contribution in [0.25, 0.3) is 22.4 Å². The number of methoxy groups -OCH3 is 2. The molecule has 158 valence electrons. The fourth-order valence-corrected chi connectivity index (χ4v) is 3.12. The Kier molecular flexibility index (Phi) is 5.76. The van der Waals surface area contributed by atoms with E-state index in [1.54, 1.807) is 42.7 Å². The molecule has 0 saturated carbocycles. The van der Waals surface area contributed by atoms with Gasteiger partial charge in [0.05, 0.1) is 30.3 Å². The number of benzene rings is 2. The van der Waals surface area contributed by atoms with Crippen molar-refractivity contribution in [1.29, 1.82) is 0 Å². The number of imidazole rings is 2. The van der Waals surface area contributed by atoms with Crippen LogP contribution in [0.1, 0.15) is 20.8 Å². The van der Waals surface area contributed by atoms with Gasteiger partial charge in [-0.15, -0.1) is 0 Å². The van der Waals surface area contributed by atoms with Crippen LogP contribution in [-0.4, -0.2) is 58.5 Å². The summed E-state index contributed by atoms with van der Waals surface area (Å²) in [5.41, 5.74) is 3.85. The van der Waals surface area contributed by atoms with Crippen LogP contribution in [0.5, 0.6) is 0 Å². The molecule has 0 aliphatic rings. The lowest BCUT2D eigenvalue weighted by Gasteiger charge is -2.08. The number of hydrogen-bond donors (Lipinski definition) is 0. The summed E-state index contributed by atoms with van der Waals surface area (Å²) in [4.78, 5) is 32.3. The molecule has 2 aromatic heterocycles. The molecule has 0 fully saturated rings. The molecular formula is C22H20N4O5. The van der Waals surface area contributed by atoms with Crippen LogP contribution >= 0.6 is 0 Å². The van der Waals surface area contributed by atoms with E-state index in [1.807, 2.05) is 34.9 Å². The molecule has 0 spiro atoms. The molecule has 0 N–H and O–H groups in total. The SMILES string of the molecule is COCCOC(=O)c1ccc2c(c1)ncn2-c1cccc(-n2cnc(C(=O)OC)c2)c1. The van der Waals surface area contributed by atoms with Crippen molar-refractivity contribution in [3.05, 3.63) is 72.6 Å². The Morgan fingerprint density at radius 2 is 1.77 bits per heavy atom. The number of rotatable bonds is 7. The van der Waals surface area contributed by atoms with E-state index in [0.29, 0.717) is 17.7 Å². The van der Waals surface area contributed by atoms with Gasteiger partial charge < -0.3 is 18.8 Å². The first-order chi connectivity index (χ1) is 15.1. The van der Waals surface area contributed by atoms with E-state index in [1.165, 1.54) is 7.11 Å². The Morgan fingerprint density at radius 3 is 2.58 bits per heavy atom. The highest BCUT2D eigenvalue weighted by atomic mass is 16.6. The van der Waals surface area contributed by atoms with Crippen molar-refractivity contribution in [2.75, 3.05) is 27.4 Å². The van der Waals surface area contributed by atoms with E-state index >= 15 is 0 Å². The molecule has 0 radical (unpaired) electrons. The van der Waals surface area contributed by atoms with E-state index in [9.17, 15) is 9.59 Å². The molecule has 0 aliphatic carbocycles. The molecule has 0 saturated heterocycles. The largest absolute Gasteiger partial charge is 0.464 e. The van der Waals surface area contributed by atoms with Gasteiger partial charge in [0.15, 0.2) is 5.69 Å². The van der Waals surface area contributed by atoms with Crippen molar-refractivity contribution in [2.45, 2.75) is 0 Å². The third kappa shape index (κ3) is 4.17. The summed E-state index contributed by atoms with van der Waals surface area (Å²) in [6.45, 7) is 0.539. The summed E-state index contributed by atoms with van der Waals surface area (Å²) in [5.74, 6) is -0.913. The van der Waals surface area contributed by atoms with Crippen molar-refractivity contribution in [3.63, 3.8) is 0 Å². The standard InChI is InChI=1S/C22H20N4O5/c1-29-8-9-31-21(27)15-6-7-20-18(10-15)24-14-26(20)17-5-3-4-16(11-17)25-12-19(23-13-25)22(28)30-2/h3-7,10-14H,8-9H2,1-2H3. The Hall–Kier alpha value is -3.98. The molecule has 0 atom stereocenters. The van der Waals surface area contributed by atoms with Crippen LogP contribution in [0.4, 0.5) is 0 Å². The number of esters is 2. The number of carbonyl (C=O) groups is 2. The van der Waals surface area contributed by atoms with E-state index < -0.39 is 11.9 Å². The molecule has 0 amide bonds. The number of aromatic nitrogens is 4. The summed E-state index contributed by atoms with van der Waals surface area (Å²) in [5, 5.41) is 0. The van der Waals surface area contributed by atoms with Crippen LogP contribution in [0, 0.1) is 0 Å². The van der Waals surface area contributed by atoms with Gasteiger partial charge in [0.2, 0.25) is 0 Å². The Balaban J connectivity index is 1.62. The lowest BCUT2D eigenvalue weighted by molar-refractivity contribution is 0.0388. The van der Waals surface area contributed by atoms with Gasteiger partial charge in [-0.2, -0.15) is 0 Å². The van der Waals surface area contributed by atoms with E-state index in [0.717, 1.165) is 16.9 Å².